The average molecular weight is 226 g/mol. The highest BCUT2D eigenvalue weighted by molar-refractivity contribution is 6.09. The van der Waals surface area contributed by atoms with E-state index >= 15 is 0 Å². The highest BCUT2D eigenvalue weighted by atomic mass is 27.1. The second-order valence-electron chi connectivity index (χ2n) is 3.74. The van der Waals surface area contributed by atoms with Gasteiger partial charge in [-0.25, -0.2) is 0 Å². The Morgan fingerprint density at radius 1 is 1.31 bits per heavy atom. The fourth-order valence-electron chi connectivity index (χ4n) is 1.88. The number of benzene rings is 1. The number of nitrogens with zero attached hydrogens (tertiary/aromatic N) is 1. The minimum Gasteiger partial charge on any atom is -0.650 e. The van der Waals surface area contributed by atoms with Crippen LogP contribution in [0.5, 0.6) is 5.75 Å². The van der Waals surface area contributed by atoms with Crippen LogP contribution in [0.25, 0.3) is 22.1 Å². The lowest BCUT2D eigenvalue weighted by Gasteiger charge is -2.02. The molecule has 2 heterocycles. The Morgan fingerprint density at radius 2 is 2.19 bits per heavy atom. The van der Waals surface area contributed by atoms with Crippen LogP contribution in [-0.4, -0.2) is 21.6 Å². The Balaban J connectivity index is 2.52. The number of aromatic nitrogens is 1. The monoisotopic (exact) mass is 226 g/mol. The third-order valence-corrected chi connectivity index (χ3v) is 2.90. The number of pyridine rings is 1. The summed E-state index contributed by atoms with van der Waals surface area (Å²) in [6.07, 6.45) is 1.84. The molecule has 0 amide bonds. The van der Waals surface area contributed by atoms with Gasteiger partial charge in [0.25, 0.3) is 0 Å². The number of hydrogen-bond donors (Lipinski definition) is 0. The van der Waals surface area contributed by atoms with E-state index in [1.54, 1.807) is 0 Å². The van der Waals surface area contributed by atoms with Crippen LogP contribution < -0.4 is 3.79 Å². The highest BCUT2D eigenvalue weighted by Crippen LogP contribution is 2.33. The molecule has 0 saturated carbocycles. The SMILES string of the molecule is Cc1cnc2c(c1)oc1cccc([O][AlH])c12. The minimum absolute atomic E-state index is 0.808. The first-order valence-corrected chi connectivity index (χ1v) is 5.57. The Labute approximate surface area is 101 Å². The fraction of sp³-hybridized carbons (Fsp3) is 0.0833. The van der Waals surface area contributed by atoms with E-state index in [2.05, 4.69) is 4.98 Å². The summed E-state index contributed by atoms with van der Waals surface area (Å²) in [5.41, 5.74) is 3.58. The second kappa shape index (κ2) is 3.52. The largest absolute Gasteiger partial charge is 0.650 e. The van der Waals surface area contributed by atoms with Crippen LogP contribution in [-0.2, 0) is 0 Å². The van der Waals surface area contributed by atoms with Gasteiger partial charge >= 0.3 is 16.6 Å². The third-order valence-electron chi connectivity index (χ3n) is 2.59. The summed E-state index contributed by atoms with van der Waals surface area (Å²) < 4.78 is 11.1. The zero-order valence-electron chi connectivity index (χ0n) is 8.86. The number of aryl methyl sites for hydroxylation is 1. The summed E-state index contributed by atoms with van der Waals surface area (Å²) in [5, 5.41) is 0.951. The van der Waals surface area contributed by atoms with Gasteiger partial charge in [0.2, 0.25) is 0 Å². The molecular weight excluding hydrogens is 217 g/mol. The van der Waals surface area contributed by atoms with Crippen molar-refractivity contribution in [1.29, 1.82) is 0 Å². The quantitative estimate of drug-likeness (QED) is 0.598. The smallest absolute Gasteiger partial charge is 0.494 e. The van der Waals surface area contributed by atoms with E-state index in [0.717, 1.165) is 33.4 Å². The standard InChI is InChI=1S/C12H9NO2.Al.H/c1-7-5-10-12(13-6-7)11-8(14)3-2-4-9(11)15-10;;/h2-6,14H,1H3;;/q;+1;/p-1. The van der Waals surface area contributed by atoms with Crippen molar-refractivity contribution in [3.05, 3.63) is 36.0 Å². The predicted molar refractivity (Wildman–Crippen MR) is 64.0 cm³/mol. The Hall–Kier alpha value is -1.50. The summed E-state index contributed by atoms with van der Waals surface area (Å²) in [5.74, 6) is 0.811. The van der Waals surface area contributed by atoms with Crippen LogP contribution in [0.4, 0.5) is 0 Å². The third kappa shape index (κ3) is 1.31. The molecule has 0 aliphatic heterocycles. The normalized spacial score (nSPS) is 11.1. The lowest BCUT2D eigenvalue weighted by Crippen LogP contribution is -1.85. The molecule has 0 saturated heterocycles. The van der Waals surface area contributed by atoms with Gasteiger partial charge in [0.1, 0.15) is 11.1 Å². The molecule has 2 aromatic heterocycles. The van der Waals surface area contributed by atoms with Crippen molar-refractivity contribution < 1.29 is 8.21 Å². The van der Waals surface area contributed by atoms with E-state index < -0.39 is 0 Å². The lowest BCUT2D eigenvalue weighted by molar-refractivity contribution is 0.621. The van der Waals surface area contributed by atoms with Gasteiger partial charge in [0.05, 0.1) is 11.1 Å². The maximum absolute atomic E-state index is 5.74. The molecule has 0 N–H and O–H groups in total. The number of fused-ring (bicyclic) bond motifs is 3. The van der Waals surface area contributed by atoms with Crippen molar-refractivity contribution in [2.45, 2.75) is 6.92 Å². The van der Waals surface area contributed by atoms with Gasteiger partial charge in [-0.15, -0.1) is 0 Å². The molecule has 3 aromatic rings. The molecule has 3 rings (SSSR count). The van der Waals surface area contributed by atoms with Crippen molar-refractivity contribution in [2.75, 3.05) is 0 Å². The van der Waals surface area contributed by atoms with Gasteiger partial charge in [0, 0.05) is 6.20 Å². The van der Waals surface area contributed by atoms with Gasteiger partial charge in [-0.1, -0.05) is 6.07 Å². The first kappa shape index (κ1) is 9.71. The topological polar surface area (TPSA) is 35.3 Å². The summed E-state index contributed by atoms with van der Waals surface area (Å²) in [7, 11) is 0. The van der Waals surface area contributed by atoms with Gasteiger partial charge in [0.15, 0.2) is 5.58 Å². The molecule has 0 aliphatic carbocycles. The molecule has 1 radical (unpaired) electrons. The lowest BCUT2D eigenvalue weighted by atomic mass is 10.2. The predicted octanol–water partition coefficient (Wildman–Crippen LogP) is 2.48. The Kier molecular flexibility index (Phi) is 2.13. The molecule has 77 valence electrons. The molecule has 0 atom stereocenters. The summed E-state index contributed by atoms with van der Waals surface area (Å²) in [4.78, 5) is 4.41. The maximum Gasteiger partial charge on any atom is 0.494 e. The minimum atomic E-state index is 0.808. The zero-order chi connectivity index (χ0) is 11.1. The zero-order valence-corrected chi connectivity index (χ0v) is 10.3. The van der Waals surface area contributed by atoms with E-state index in [1.165, 1.54) is 16.6 Å². The first-order chi connectivity index (χ1) is 7.79. The van der Waals surface area contributed by atoms with Gasteiger partial charge in [-0.3, -0.25) is 4.98 Å². The molecule has 1 aromatic carbocycles. The van der Waals surface area contributed by atoms with E-state index in [-0.39, 0.29) is 0 Å². The van der Waals surface area contributed by atoms with Crippen LogP contribution in [0.1, 0.15) is 5.56 Å². The molecule has 0 fully saturated rings. The summed E-state index contributed by atoms with van der Waals surface area (Å²) in [6.45, 7) is 2.00. The fourth-order valence-corrected chi connectivity index (χ4v) is 2.12. The molecular formula is C12H9AlNO2. The van der Waals surface area contributed by atoms with E-state index in [1.807, 2.05) is 37.4 Å². The average Bonchev–Trinajstić information content (AvgIpc) is 2.65. The number of rotatable bonds is 1. The van der Waals surface area contributed by atoms with Crippen molar-refractivity contribution in [2.24, 2.45) is 0 Å². The second-order valence-corrected chi connectivity index (χ2v) is 4.02. The molecule has 0 bridgehead atoms. The highest BCUT2D eigenvalue weighted by Gasteiger charge is 2.11. The van der Waals surface area contributed by atoms with E-state index in [0.29, 0.717) is 0 Å². The Morgan fingerprint density at radius 3 is 3.00 bits per heavy atom. The molecule has 0 aliphatic rings. The number of furan rings is 1. The number of hydrogen-bond acceptors (Lipinski definition) is 3. The molecule has 3 nitrogen and oxygen atoms in total. The van der Waals surface area contributed by atoms with Crippen molar-refractivity contribution in [3.8, 4) is 5.75 Å². The maximum atomic E-state index is 5.74. The van der Waals surface area contributed by atoms with Gasteiger partial charge < -0.3 is 8.21 Å². The molecule has 0 spiro atoms. The van der Waals surface area contributed by atoms with E-state index in [9.17, 15) is 0 Å². The molecule has 0 unspecified atom stereocenters. The van der Waals surface area contributed by atoms with Crippen LogP contribution in [0.3, 0.4) is 0 Å². The summed E-state index contributed by atoms with van der Waals surface area (Å²) >= 11 is 1.46. The Bertz CT molecular complexity index is 675. The van der Waals surface area contributed by atoms with Crippen molar-refractivity contribution >= 4 is 38.7 Å². The van der Waals surface area contributed by atoms with Crippen LogP contribution in [0.2, 0.25) is 0 Å². The van der Waals surface area contributed by atoms with Crippen LogP contribution >= 0.6 is 0 Å². The van der Waals surface area contributed by atoms with Gasteiger partial charge in [-0.2, -0.15) is 0 Å². The van der Waals surface area contributed by atoms with Crippen molar-refractivity contribution in [1.82, 2.24) is 4.98 Å². The van der Waals surface area contributed by atoms with E-state index in [4.69, 9.17) is 8.21 Å². The molecule has 4 heteroatoms. The van der Waals surface area contributed by atoms with Crippen LogP contribution in [0.15, 0.2) is 34.9 Å². The van der Waals surface area contributed by atoms with Gasteiger partial charge in [-0.05, 0) is 30.7 Å². The summed E-state index contributed by atoms with van der Waals surface area (Å²) in [6, 6.07) is 7.76. The molecule has 16 heavy (non-hydrogen) atoms. The first-order valence-electron chi connectivity index (χ1n) is 4.99. The van der Waals surface area contributed by atoms with Crippen molar-refractivity contribution in [3.63, 3.8) is 0 Å². The van der Waals surface area contributed by atoms with Crippen LogP contribution in [0, 0.1) is 6.92 Å².